The first-order valence-electron chi connectivity index (χ1n) is 12.5. The molecule has 0 aliphatic carbocycles. The van der Waals surface area contributed by atoms with E-state index < -0.39 is 0 Å². The van der Waals surface area contributed by atoms with Crippen molar-refractivity contribution in [3.05, 3.63) is 70.9 Å². The van der Waals surface area contributed by atoms with Crippen LogP contribution in [0.2, 0.25) is 0 Å². The SMILES string of the molecule is Cc1cc(C(C)(C)C)c2c(c1C)c1c3c(cc[n+]1C)cc(C(C)(C)C)c1c4ccccc4n2c13. The van der Waals surface area contributed by atoms with Gasteiger partial charge in [-0.3, -0.25) is 0 Å². The predicted octanol–water partition coefficient (Wildman–Crippen LogP) is 8.03. The predicted molar refractivity (Wildman–Crippen MR) is 147 cm³/mol. The first-order valence-corrected chi connectivity index (χ1v) is 12.5. The van der Waals surface area contributed by atoms with Gasteiger partial charge in [-0.15, -0.1) is 0 Å². The van der Waals surface area contributed by atoms with E-state index >= 15 is 0 Å². The molecule has 0 aliphatic rings. The maximum atomic E-state index is 2.61. The van der Waals surface area contributed by atoms with Gasteiger partial charge in [0, 0.05) is 16.8 Å². The van der Waals surface area contributed by atoms with Gasteiger partial charge in [0.15, 0.2) is 6.20 Å². The Morgan fingerprint density at radius 1 is 0.735 bits per heavy atom. The van der Waals surface area contributed by atoms with Gasteiger partial charge >= 0.3 is 0 Å². The summed E-state index contributed by atoms with van der Waals surface area (Å²) in [6, 6.07) is 16.2. The summed E-state index contributed by atoms with van der Waals surface area (Å²) < 4.78 is 4.95. The maximum absolute atomic E-state index is 2.61. The zero-order valence-electron chi connectivity index (χ0n) is 22.0. The standard InChI is InChI=1S/C32H35N2/c1-18-16-23(32(6,7)8)28-25(19(18)2)29-26-20(14-15-33(29)9)17-22(31(3,4)5)27-21-12-10-11-13-24(21)34(28)30(26)27/h10-17H,1-9H3/q+1. The van der Waals surface area contributed by atoms with E-state index in [0.717, 1.165) is 0 Å². The second-order valence-electron chi connectivity index (χ2n) is 12.3. The molecule has 0 N–H and O–H groups in total. The van der Waals surface area contributed by atoms with E-state index in [1.165, 1.54) is 71.3 Å². The Kier molecular flexibility index (Phi) is 4.09. The van der Waals surface area contributed by atoms with Gasteiger partial charge in [0.05, 0.1) is 27.3 Å². The Bertz CT molecular complexity index is 1780. The van der Waals surface area contributed by atoms with Crippen molar-refractivity contribution in [2.45, 2.75) is 66.2 Å². The molecule has 2 heteroatoms. The molecule has 6 aromatic rings. The van der Waals surface area contributed by atoms with Crippen LogP contribution in [-0.4, -0.2) is 4.40 Å². The van der Waals surface area contributed by atoms with Crippen LogP contribution in [0.4, 0.5) is 0 Å². The lowest BCUT2D eigenvalue weighted by Gasteiger charge is -2.26. The summed E-state index contributed by atoms with van der Waals surface area (Å²) in [5.74, 6) is 0. The van der Waals surface area contributed by atoms with Crippen LogP contribution in [0.3, 0.4) is 0 Å². The molecule has 0 bridgehead atoms. The average molecular weight is 448 g/mol. The lowest BCUT2D eigenvalue weighted by molar-refractivity contribution is -0.643. The fourth-order valence-corrected chi connectivity index (χ4v) is 6.13. The quantitative estimate of drug-likeness (QED) is 0.127. The van der Waals surface area contributed by atoms with Crippen molar-refractivity contribution in [1.82, 2.24) is 4.40 Å². The van der Waals surface area contributed by atoms with Crippen LogP contribution in [0.1, 0.15) is 63.8 Å². The molecular weight excluding hydrogens is 412 g/mol. The van der Waals surface area contributed by atoms with Crippen molar-refractivity contribution in [2.75, 3.05) is 0 Å². The minimum absolute atomic E-state index is 0.0197. The summed E-state index contributed by atoms with van der Waals surface area (Å²) in [5, 5.41) is 6.86. The third-order valence-corrected chi connectivity index (χ3v) is 7.93. The molecule has 6 rings (SSSR count). The number of hydrogen-bond acceptors (Lipinski definition) is 0. The number of pyridine rings is 2. The topological polar surface area (TPSA) is 8.29 Å². The monoisotopic (exact) mass is 447 g/mol. The minimum atomic E-state index is 0.0197. The third-order valence-electron chi connectivity index (χ3n) is 7.93. The van der Waals surface area contributed by atoms with Crippen LogP contribution in [-0.2, 0) is 17.9 Å². The van der Waals surface area contributed by atoms with Crippen molar-refractivity contribution in [2.24, 2.45) is 7.05 Å². The lowest BCUT2D eigenvalue weighted by Crippen LogP contribution is -2.29. The van der Waals surface area contributed by atoms with Gasteiger partial charge in [0.1, 0.15) is 7.05 Å². The molecule has 2 nitrogen and oxygen atoms in total. The summed E-state index contributed by atoms with van der Waals surface area (Å²) in [6.07, 6.45) is 2.25. The Balaban J connectivity index is 2.14. The fraction of sp³-hybridized carbons (Fsp3) is 0.344. The van der Waals surface area contributed by atoms with Crippen LogP contribution in [0.5, 0.6) is 0 Å². The largest absolute Gasteiger partial charge is 0.307 e. The van der Waals surface area contributed by atoms with Gasteiger partial charge in [-0.1, -0.05) is 65.8 Å². The Hall–Kier alpha value is -3.13. The second kappa shape index (κ2) is 6.50. The number of aromatic nitrogens is 2. The van der Waals surface area contributed by atoms with E-state index in [-0.39, 0.29) is 10.8 Å². The van der Waals surface area contributed by atoms with E-state index in [1.54, 1.807) is 0 Å². The van der Waals surface area contributed by atoms with Crippen LogP contribution >= 0.6 is 0 Å². The van der Waals surface area contributed by atoms with Crippen molar-refractivity contribution < 1.29 is 4.57 Å². The van der Waals surface area contributed by atoms with Gasteiger partial charge in [0.2, 0.25) is 5.52 Å². The highest BCUT2D eigenvalue weighted by molar-refractivity contribution is 6.28. The van der Waals surface area contributed by atoms with Gasteiger partial charge < -0.3 is 4.40 Å². The molecule has 0 fully saturated rings. The molecule has 0 spiro atoms. The molecule has 0 saturated carbocycles. The highest BCUT2D eigenvalue weighted by Crippen LogP contribution is 2.47. The van der Waals surface area contributed by atoms with Crippen molar-refractivity contribution in [3.8, 4) is 0 Å². The number of fused-ring (bicyclic) bond motifs is 6. The molecule has 0 radical (unpaired) electrons. The Labute approximate surface area is 202 Å². The molecule has 34 heavy (non-hydrogen) atoms. The van der Waals surface area contributed by atoms with Gasteiger partial charge in [-0.05, 0) is 64.5 Å². The third kappa shape index (κ3) is 2.60. The molecule has 3 aromatic carbocycles. The summed E-state index contributed by atoms with van der Waals surface area (Å²) >= 11 is 0. The fourth-order valence-electron chi connectivity index (χ4n) is 6.13. The minimum Gasteiger partial charge on any atom is -0.307 e. The highest BCUT2D eigenvalue weighted by Gasteiger charge is 2.31. The highest BCUT2D eigenvalue weighted by atomic mass is 15.0. The van der Waals surface area contributed by atoms with E-state index in [2.05, 4.69) is 120 Å². The number of aryl methyl sites for hydroxylation is 3. The first kappa shape index (κ1) is 21.4. The maximum Gasteiger partial charge on any atom is 0.224 e. The molecule has 0 unspecified atom stereocenters. The van der Waals surface area contributed by atoms with Crippen LogP contribution < -0.4 is 4.57 Å². The number of para-hydroxylation sites is 1. The van der Waals surface area contributed by atoms with Crippen LogP contribution in [0, 0.1) is 13.8 Å². The summed E-state index contributed by atoms with van der Waals surface area (Å²) in [4.78, 5) is 0. The van der Waals surface area contributed by atoms with E-state index in [0.29, 0.717) is 0 Å². The van der Waals surface area contributed by atoms with Crippen molar-refractivity contribution >= 4 is 49.0 Å². The van der Waals surface area contributed by atoms with Crippen molar-refractivity contribution in [3.63, 3.8) is 0 Å². The Morgan fingerprint density at radius 3 is 2.09 bits per heavy atom. The Morgan fingerprint density at radius 2 is 1.41 bits per heavy atom. The molecule has 3 aromatic heterocycles. The lowest BCUT2D eigenvalue weighted by atomic mass is 9.81. The van der Waals surface area contributed by atoms with Gasteiger partial charge in [0.25, 0.3) is 0 Å². The second-order valence-corrected chi connectivity index (χ2v) is 12.3. The van der Waals surface area contributed by atoms with E-state index in [9.17, 15) is 0 Å². The molecule has 0 amide bonds. The summed E-state index contributed by atoms with van der Waals surface area (Å²) in [7, 11) is 2.21. The molecule has 0 aliphatic heterocycles. The van der Waals surface area contributed by atoms with E-state index in [4.69, 9.17) is 0 Å². The molecular formula is C32H35N2+. The van der Waals surface area contributed by atoms with E-state index in [1.807, 2.05) is 0 Å². The van der Waals surface area contributed by atoms with Gasteiger partial charge in [-0.2, -0.15) is 0 Å². The summed E-state index contributed by atoms with van der Waals surface area (Å²) in [5.41, 5.74) is 11.0. The number of rotatable bonds is 0. The molecule has 0 atom stereocenters. The zero-order valence-corrected chi connectivity index (χ0v) is 22.0. The molecule has 3 heterocycles. The normalized spacial score (nSPS) is 13.4. The van der Waals surface area contributed by atoms with Crippen LogP contribution in [0.15, 0.2) is 48.7 Å². The number of hydrogen-bond donors (Lipinski definition) is 0. The van der Waals surface area contributed by atoms with Gasteiger partial charge in [-0.25, -0.2) is 4.57 Å². The number of nitrogens with zero attached hydrogens (tertiary/aromatic N) is 2. The average Bonchev–Trinajstić information content (AvgIpc) is 3.10. The molecule has 172 valence electrons. The smallest absolute Gasteiger partial charge is 0.224 e. The summed E-state index contributed by atoms with van der Waals surface area (Å²) in [6.45, 7) is 18.7. The van der Waals surface area contributed by atoms with Crippen molar-refractivity contribution in [1.29, 1.82) is 0 Å². The first-order chi connectivity index (χ1) is 15.9. The zero-order chi connectivity index (χ0) is 24.3. The number of benzene rings is 3. The molecule has 0 saturated heterocycles. The van der Waals surface area contributed by atoms with Crippen LogP contribution in [0.25, 0.3) is 49.0 Å².